The van der Waals surface area contributed by atoms with Crippen LogP contribution < -0.4 is 9.64 Å². The van der Waals surface area contributed by atoms with Gasteiger partial charge in [-0.2, -0.15) is 0 Å². The number of nitrogens with one attached hydrogen (secondary N) is 1. The first kappa shape index (κ1) is 18.9. The minimum atomic E-state index is 0.606. The Bertz CT molecular complexity index is 1260. The van der Waals surface area contributed by atoms with Crippen molar-refractivity contribution in [1.29, 1.82) is 0 Å². The largest absolute Gasteiger partial charge is 0.495 e. The van der Waals surface area contributed by atoms with Crippen LogP contribution in [0.4, 0.5) is 11.4 Å². The second kappa shape index (κ2) is 7.97. The molecule has 0 saturated carbocycles. The molecule has 1 N–H and O–H groups in total. The van der Waals surface area contributed by atoms with E-state index in [9.17, 15) is 0 Å². The molecule has 0 bridgehead atoms. The number of aromatic amines is 1. The number of halogens is 1. The highest BCUT2D eigenvalue weighted by Crippen LogP contribution is 2.38. The predicted octanol–water partition coefficient (Wildman–Crippen LogP) is 4.86. The van der Waals surface area contributed by atoms with Gasteiger partial charge < -0.3 is 14.6 Å². The van der Waals surface area contributed by atoms with Gasteiger partial charge in [-0.15, -0.1) is 0 Å². The summed E-state index contributed by atoms with van der Waals surface area (Å²) in [7, 11) is 1.67. The lowest BCUT2D eigenvalue weighted by atomic mass is 10.1. The Balaban J connectivity index is 1.54. The van der Waals surface area contributed by atoms with E-state index in [1.807, 2.05) is 42.5 Å². The quantitative estimate of drug-likeness (QED) is 0.355. The Morgan fingerprint density at radius 1 is 1.13 bits per heavy atom. The Morgan fingerprint density at radius 3 is 2.93 bits per heavy atom. The molecule has 1 aliphatic rings. The second-order valence-electron chi connectivity index (χ2n) is 6.59. The summed E-state index contributed by atoms with van der Waals surface area (Å²) in [6, 6.07) is 13.7. The van der Waals surface area contributed by atoms with Gasteiger partial charge in [-0.1, -0.05) is 41.6 Å². The van der Waals surface area contributed by atoms with Crippen molar-refractivity contribution in [3.8, 4) is 5.75 Å². The van der Waals surface area contributed by atoms with Crippen LogP contribution in [0, 0.1) is 0 Å². The summed E-state index contributed by atoms with van der Waals surface area (Å²) < 4.78 is 5.60. The Morgan fingerprint density at radius 2 is 2.03 bits per heavy atom. The zero-order chi connectivity index (χ0) is 20.5. The Kier molecular flexibility index (Phi) is 5.02. The fraction of sp³-hybridized carbons (Fsp3) is 0.143. The molecule has 1 aliphatic heterocycles. The highest BCUT2D eigenvalue weighted by Gasteiger charge is 2.25. The number of nitrogens with zero attached hydrogens (tertiary/aromatic N) is 5. The molecule has 2 aromatic heterocycles. The first-order chi connectivity index (χ1) is 14.7. The van der Waals surface area contributed by atoms with Gasteiger partial charge in [0.2, 0.25) is 0 Å². The van der Waals surface area contributed by atoms with Gasteiger partial charge in [0, 0.05) is 10.6 Å². The van der Waals surface area contributed by atoms with Crippen molar-refractivity contribution in [2.45, 2.75) is 11.6 Å². The number of thioether (sulfide) groups is 1. The molecule has 30 heavy (non-hydrogen) atoms. The number of anilines is 1. The lowest BCUT2D eigenvalue weighted by Gasteiger charge is -2.32. The number of imidazole rings is 1. The normalized spacial score (nSPS) is 13.3. The molecule has 7 nitrogen and oxygen atoms in total. The molecule has 0 spiro atoms. The third kappa shape index (κ3) is 3.38. The summed E-state index contributed by atoms with van der Waals surface area (Å²) >= 11 is 8.06. The molecule has 3 heterocycles. The van der Waals surface area contributed by atoms with Crippen LogP contribution >= 0.6 is 23.4 Å². The van der Waals surface area contributed by atoms with E-state index < -0.39 is 0 Å². The van der Waals surface area contributed by atoms with Gasteiger partial charge in [0.05, 0.1) is 37.1 Å². The van der Waals surface area contributed by atoms with Gasteiger partial charge in [-0.3, -0.25) is 0 Å². The first-order valence-corrected chi connectivity index (χ1v) is 10.6. The molecule has 0 amide bonds. The van der Waals surface area contributed by atoms with E-state index >= 15 is 0 Å². The van der Waals surface area contributed by atoms with Gasteiger partial charge in [0.25, 0.3) is 0 Å². The highest BCUT2D eigenvalue weighted by atomic mass is 35.5. The van der Waals surface area contributed by atoms with Crippen LogP contribution in [0.5, 0.6) is 5.75 Å². The van der Waals surface area contributed by atoms with Crippen molar-refractivity contribution in [3.05, 3.63) is 65.7 Å². The van der Waals surface area contributed by atoms with Gasteiger partial charge in [-0.05, 0) is 24.3 Å². The van der Waals surface area contributed by atoms with E-state index in [0.717, 1.165) is 39.1 Å². The minimum Gasteiger partial charge on any atom is -0.495 e. The zero-order valence-electron chi connectivity index (χ0n) is 16.0. The number of rotatable bonds is 5. The molecule has 0 fully saturated rings. The monoisotopic (exact) mass is 436 g/mol. The Labute approximate surface area is 182 Å². The number of ether oxygens (including phenoxy) is 1. The van der Waals surface area contributed by atoms with Crippen LogP contribution in [-0.2, 0) is 6.54 Å². The smallest absolute Gasteiger partial charge is 0.181 e. The second-order valence-corrected chi connectivity index (χ2v) is 7.96. The molecule has 0 saturated heterocycles. The number of H-pyrrole nitrogens is 1. The lowest BCUT2D eigenvalue weighted by Crippen LogP contribution is -2.34. The number of methoxy groups -OCH3 is 1. The first-order valence-electron chi connectivity index (χ1n) is 9.27. The molecule has 9 heteroatoms. The van der Waals surface area contributed by atoms with E-state index in [4.69, 9.17) is 21.3 Å². The fourth-order valence-corrected chi connectivity index (χ4v) is 4.56. The number of hydrogen-bond acceptors (Lipinski definition) is 7. The maximum absolute atomic E-state index is 6.48. The topological polar surface area (TPSA) is 79.3 Å². The van der Waals surface area contributed by atoms with Gasteiger partial charge >= 0.3 is 0 Å². The fourth-order valence-electron chi connectivity index (χ4n) is 3.43. The third-order valence-electron chi connectivity index (χ3n) is 4.87. The van der Waals surface area contributed by atoms with Crippen LogP contribution in [0.3, 0.4) is 0 Å². The van der Waals surface area contributed by atoms with Crippen LogP contribution in [-0.4, -0.2) is 38.6 Å². The summed E-state index contributed by atoms with van der Waals surface area (Å²) in [4.78, 5) is 23.0. The number of amidine groups is 1. The summed E-state index contributed by atoms with van der Waals surface area (Å²) in [6.07, 6.45) is 3.15. The van der Waals surface area contributed by atoms with Gasteiger partial charge in [0.1, 0.15) is 28.5 Å². The van der Waals surface area contributed by atoms with Crippen molar-refractivity contribution in [1.82, 2.24) is 19.9 Å². The number of aromatic nitrogens is 4. The zero-order valence-corrected chi connectivity index (χ0v) is 17.6. The van der Waals surface area contributed by atoms with Crippen molar-refractivity contribution < 1.29 is 4.74 Å². The number of aliphatic imine (C=N–C) groups is 1. The predicted molar refractivity (Wildman–Crippen MR) is 120 cm³/mol. The van der Waals surface area contributed by atoms with E-state index in [1.54, 1.807) is 25.2 Å². The van der Waals surface area contributed by atoms with Crippen LogP contribution in [0.15, 0.2) is 65.1 Å². The number of benzene rings is 2. The molecular weight excluding hydrogens is 420 g/mol. The molecule has 0 atom stereocenters. The molecule has 5 rings (SSSR count). The average Bonchev–Trinajstić information content (AvgIpc) is 3.27. The van der Waals surface area contributed by atoms with Crippen molar-refractivity contribution >= 4 is 51.7 Å². The number of fused-ring (bicyclic) bond motifs is 2. The molecule has 150 valence electrons. The van der Waals surface area contributed by atoms with Crippen molar-refractivity contribution in [2.75, 3.05) is 17.8 Å². The Hall–Kier alpha value is -3.10. The molecule has 4 aromatic rings. The molecule has 0 aliphatic carbocycles. The number of hydrogen-bond donors (Lipinski definition) is 1. The van der Waals surface area contributed by atoms with Crippen LogP contribution in [0.25, 0.3) is 11.2 Å². The van der Waals surface area contributed by atoms with Gasteiger partial charge in [-0.25, -0.2) is 19.9 Å². The minimum absolute atomic E-state index is 0.606. The molecule has 0 unspecified atom stereocenters. The lowest BCUT2D eigenvalue weighted by molar-refractivity contribution is 0.415. The average molecular weight is 437 g/mol. The third-order valence-corrected chi connectivity index (χ3v) is 6.21. The highest BCUT2D eigenvalue weighted by molar-refractivity contribution is 8.00. The van der Waals surface area contributed by atoms with E-state index in [0.29, 0.717) is 23.0 Å². The SMILES string of the molecule is COc1ccccc1N1Cc2c(Cl)cccc2N=C1CSc1ncnc2nc[nH]c12. The number of para-hydroxylation sites is 2. The standard InChI is InChI=1S/C21H17ClN6OS/c1-29-17-8-3-2-7-16(17)28-9-13-14(22)5-4-6-15(13)27-18(28)10-30-21-19-20(24-11-23-19)25-12-26-21/h2-8,11-12H,9-10H2,1H3,(H,23,24,25,26). The summed E-state index contributed by atoms with van der Waals surface area (Å²) in [5, 5.41) is 1.54. The van der Waals surface area contributed by atoms with E-state index in [2.05, 4.69) is 24.8 Å². The summed E-state index contributed by atoms with van der Waals surface area (Å²) in [5.41, 5.74) is 4.30. The summed E-state index contributed by atoms with van der Waals surface area (Å²) in [5.74, 6) is 2.28. The van der Waals surface area contributed by atoms with E-state index in [-0.39, 0.29) is 0 Å². The van der Waals surface area contributed by atoms with Crippen LogP contribution in [0.1, 0.15) is 5.56 Å². The molecular formula is C21H17ClN6OS. The molecule has 0 radical (unpaired) electrons. The maximum Gasteiger partial charge on any atom is 0.181 e. The van der Waals surface area contributed by atoms with Crippen molar-refractivity contribution in [3.63, 3.8) is 0 Å². The van der Waals surface area contributed by atoms with Gasteiger partial charge in [0.15, 0.2) is 5.65 Å². The maximum atomic E-state index is 6.48. The van der Waals surface area contributed by atoms with Crippen molar-refractivity contribution in [2.24, 2.45) is 4.99 Å². The molecule has 2 aromatic carbocycles. The van der Waals surface area contributed by atoms with E-state index in [1.165, 1.54) is 6.33 Å². The summed E-state index contributed by atoms with van der Waals surface area (Å²) in [6.45, 7) is 0.609. The van der Waals surface area contributed by atoms with Crippen LogP contribution in [0.2, 0.25) is 5.02 Å².